The zero-order valence-corrected chi connectivity index (χ0v) is 19.3. The maximum absolute atomic E-state index is 14.3. The van der Waals surface area contributed by atoms with Crippen LogP contribution in [0, 0.1) is 17.5 Å². The molecule has 2 heterocycles. The van der Waals surface area contributed by atoms with Crippen molar-refractivity contribution in [3.63, 3.8) is 0 Å². The van der Waals surface area contributed by atoms with Gasteiger partial charge in [0, 0.05) is 49.9 Å². The summed E-state index contributed by atoms with van der Waals surface area (Å²) in [4.78, 5) is 19.9. The molecule has 1 aromatic heterocycles. The minimum absolute atomic E-state index is 0.0115. The Kier molecular flexibility index (Phi) is 6.62. The number of carbonyl (C=O) groups excluding carboxylic acids is 1. The van der Waals surface area contributed by atoms with E-state index in [1.165, 1.54) is 6.07 Å². The molecular weight excluding hydrogens is 469 g/mol. The normalized spacial score (nSPS) is 13.2. The number of imidazole rings is 1. The van der Waals surface area contributed by atoms with Gasteiger partial charge >= 0.3 is 0 Å². The summed E-state index contributed by atoms with van der Waals surface area (Å²) in [5.41, 5.74) is 1.66. The number of benzene rings is 3. The molecule has 0 saturated heterocycles. The Morgan fingerprint density at radius 1 is 0.917 bits per heavy atom. The number of nitrogens with zero attached hydrogens (tertiary/aromatic N) is 3. The summed E-state index contributed by atoms with van der Waals surface area (Å²) in [6.45, 7) is 1.09. The third-order valence-corrected chi connectivity index (χ3v) is 5.92. The van der Waals surface area contributed by atoms with Gasteiger partial charge in [-0.25, -0.2) is 18.2 Å². The van der Waals surface area contributed by atoms with Crippen molar-refractivity contribution in [2.24, 2.45) is 0 Å². The topological polar surface area (TPSA) is 59.4 Å². The number of amides is 1. The Bertz CT molecular complexity index is 1370. The molecule has 184 valence electrons. The van der Waals surface area contributed by atoms with Crippen LogP contribution in [0.2, 0.25) is 0 Å². The molecule has 9 heteroatoms. The van der Waals surface area contributed by atoms with E-state index in [-0.39, 0.29) is 30.6 Å². The second-order valence-corrected chi connectivity index (χ2v) is 8.44. The first-order valence-corrected chi connectivity index (χ1v) is 11.5. The fraction of sp³-hybridized carbons (Fsp3) is 0.185. The van der Waals surface area contributed by atoms with Crippen molar-refractivity contribution in [3.05, 3.63) is 113 Å². The SMILES string of the molecule is O=C1c2c(nc(COc3cc(F)cc(F)c3)n2Cc2ccccc2)NCCN1Cc1ccccc1F. The summed E-state index contributed by atoms with van der Waals surface area (Å²) >= 11 is 0. The van der Waals surface area contributed by atoms with Crippen LogP contribution in [0.5, 0.6) is 5.75 Å². The van der Waals surface area contributed by atoms with Crippen LogP contribution in [0.3, 0.4) is 0 Å². The fourth-order valence-electron chi connectivity index (χ4n) is 4.19. The molecule has 0 saturated carbocycles. The summed E-state index contributed by atoms with van der Waals surface area (Å²) in [6.07, 6.45) is 0. The second-order valence-electron chi connectivity index (χ2n) is 8.44. The van der Waals surface area contributed by atoms with Crippen LogP contribution < -0.4 is 10.1 Å². The van der Waals surface area contributed by atoms with E-state index in [0.29, 0.717) is 42.5 Å². The predicted octanol–water partition coefficient (Wildman–Crippen LogP) is 5.00. The van der Waals surface area contributed by atoms with Gasteiger partial charge in [-0.1, -0.05) is 48.5 Å². The number of ether oxygens (including phenoxy) is 1. The van der Waals surface area contributed by atoms with E-state index in [4.69, 9.17) is 4.74 Å². The number of fused-ring (bicyclic) bond motifs is 1. The molecule has 1 N–H and O–H groups in total. The van der Waals surface area contributed by atoms with Crippen LogP contribution in [0.1, 0.15) is 27.4 Å². The lowest BCUT2D eigenvalue weighted by atomic mass is 10.2. The van der Waals surface area contributed by atoms with E-state index < -0.39 is 11.6 Å². The van der Waals surface area contributed by atoms with Crippen molar-refractivity contribution in [2.45, 2.75) is 19.7 Å². The monoisotopic (exact) mass is 492 g/mol. The zero-order valence-electron chi connectivity index (χ0n) is 19.3. The molecular formula is C27H23F3N4O2. The van der Waals surface area contributed by atoms with Crippen LogP contribution in [0.25, 0.3) is 0 Å². The van der Waals surface area contributed by atoms with Gasteiger partial charge in [-0.3, -0.25) is 4.79 Å². The summed E-state index contributed by atoms with van der Waals surface area (Å²) in [5.74, 6) is -1.39. The molecule has 0 fully saturated rings. The van der Waals surface area contributed by atoms with Gasteiger partial charge in [0.25, 0.3) is 5.91 Å². The number of nitrogens with one attached hydrogen (secondary N) is 1. The number of halogens is 3. The largest absolute Gasteiger partial charge is 0.485 e. The maximum Gasteiger partial charge on any atom is 0.274 e. The molecule has 0 bridgehead atoms. The van der Waals surface area contributed by atoms with E-state index in [0.717, 1.165) is 23.8 Å². The Hall–Kier alpha value is -4.27. The van der Waals surface area contributed by atoms with E-state index in [2.05, 4.69) is 10.3 Å². The third kappa shape index (κ3) is 5.05. The zero-order chi connectivity index (χ0) is 25.1. The van der Waals surface area contributed by atoms with E-state index in [9.17, 15) is 18.0 Å². The molecule has 0 spiro atoms. The van der Waals surface area contributed by atoms with Gasteiger partial charge in [0.15, 0.2) is 11.5 Å². The van der Waals surface area contributed by atoms with Crippen LogP contribution in [0.15, 0.2) is 72.8 Å². The molecule has 1 aliphatic heterocycles. The van der Waals surface area contributed by atoms with Crippen LogP contribution in [-0.2, 0) is 19.7 Å². The first-order valence-electron chi connectivity index (χ1n) is 11.5. The van der Waals surface area contributed by atoms with Gasteiger partial charge in [0.2, 0.25) is 0 Å². The summed E-state index contributed by atoms with van der Waals surface area (Å²) < 4.78 is 48.9. The van der Waals surface area contributed by atoms with Crippen LogP contribution >= 0.6 is 0 Å². The highest BCUT2D eigenvalue weighted by molar-refractivity contribution is 5.98. The lowest BCUT2D eigenvalue weighted by Gasteiger charge is -2.22. The van der Waals surface area contributed by atoms with Gasteiger partial charge in [-0.15, -0.1) is 0 Å². The van der Waals surface area contributed by atoms with Gasteiger partial charge in [0.05, 0.1) is 0 Å². The lowest BCUT2D eigenvalue weighted by Crippen LogP contribution is -2.34. The fourth-order valence-corrected chi connectivity index (χ4v) is 4.19. The minimum atomic E-state index is -0.756. The molecule has 1 aliphatic rings. The average Bonchev–Trinajstić information content (AvgIpc) is 3.11. The Labute approximate surface area is 206 Å². The summed E-state index contributed by atoms with van der Waals surface area (Å²) in [7, 11) is 0. The smallest absolute Gasteiger partial charge is 0.274 e. The average molecular weight is 493 g/mol. The van der Waals surface area contributed by atoms with Crippen molar-refractivity contribution >= 4 is 11.7 Å². The summed E-state index contributed by atoms with van der Waals surface area (Å²) in [6, 6.07) is 18.8. The highest BCUT2D eigenvalue weighted by atomic mass is 19.1. The minimum Gasteiger partial charge on any atom is -0.485 e. The molecule has 4 aromatic rings. The van der Waals surface area contributed by atoms with E-state index >= 15 is 0 Å². The first-order chi connectivity index (χ1) is 17.5. The number of anilines is 1. The van der Waals surface area contributed by atoms with Crippen LogP contribution in [0.4, 0.5) is 19.0 Å². The van der Waals surface area contributed by atoms with Crippen molar-refractivity contribution in [2.75, 3.05) is 18.4 Å². The molecule has 0 radical (unpaired) electrons. The Morgan fingerprint density at radius 3 is 2.39 bits per heavy atom. The van der Waals surface area contributed by atoms with E-state index in [1.54, 1.807) is 27.7 Å². The number of hydrogen-bond donors (Lipinski definition) is 1. The van der Waals surface area contributed by atoms with Gasteiger partial charge in [0.1, 0.15) is 35.6 Å². The molecule has 0 aliphatic carbocycles. The molecule has 0 unspecified atom stereocenters. The van der Waals surface area contributed by atoms with Crippen molar-refractivity contribution in [1.82, 2.24) is 14.5 Å². The van der Waals surface area contributed by atoms with E-state index in [1.807, 2.05) is 30.3 Å². The van der Waals surface area contributed by atoms with Crippen molar-refractivity contribution < 1.29 is 22.7 Å². The Morgan fingerprint density at radius 2 is 1.64 bits per heavy atom. The molecule has 5 rings (SSSR count). The number of rotatable bonds is 7. The van der Waals surface area contributed by atoms with Crippen molar-refractivity contribution in [1.29, 1.82) is 0 Å². The van der Waals surface area contributed by atoms with Gasteiger partial charge in [-0.05, 0) is 11.6 Å². The molecule has 3 aromatic carbocycles. The Balaban J connectivity index is 1.49. The lowest BCUT2D eigenvalue weighted by molar-refractivity contribution is 0.0743. The van der Waals surface area contributed by atoms with Gasteiger partial charge < -0.3 is 19.5 Å². The standard InChI is InChI=1S/C27H23F3N4O2/c28-20-12-21(29)14-22(13-20)36-17-24-32-26-25(34(24)15-18-6-2-1-3-7-18)27(35)33(11-10-31-26)16-19-8-4-5-9-23(19)30/h1-9,12-14,31H,10-11,15-17H2. The van der Waals surface area contributed by atoms with Crippen molar-refractivity contribution in [3.8, 4) is 5.75 Å². The maximum atomic E-state index is 14.3. The highest BCUT2D eigenvalue weighted by Crippen LogP contribution is 2.26. The molecule has 6 nitrogen and oxygen atoms in total. The highest BCUT2D eigenvalue weighted by Gasteiger charge is 2.30. The van der Waals surface area contributed by atoms with Gasteiger partial charge in [-0.2, -0.15) is 0 Å². The summed E-state index contributed by atoms with van der Waals surface area (Å²) in [5, 5.41) is 3.19. The molecule has 36 heavy (non-hydrogen) atoms. The predicted molar refractivity (Wildman–Crippen MR) is 128 cm³/mol. The second kappa shape index (κ2) is 10.2. The molecule has 1 amide bonds. The first kappa shape index (κ1) is 23.5. The number of hydrogen-bond acceptors (Lipinski definition) is 4. The number of aromatic nitrogens is 2. The van der Waals surface area contributed by atoms with Crippen LogP contribution in [-0.4, -0.2) is 33.4 Å². The quantitative estimate of drug-likeness (QED) is 0.395. The molecule has 0 atom stereocenters. The third-order valence-electron chi connectivity index (χ3n) is 5.92. The number of carbonyl (C=O) groups is 1.